The number of carbonyl (C=O) groups excluding carboxylic acids is 3. The Balaban J connectivity index is 1.27. The number of hydrogen-bond acceptors (Lipinski definition) is 6. The number of carbonyl (C=O) groups is 3. The first-order valence-corrected chi connectivity index (χ1v) is 12.3. The summed E-state index contributed by atoms with van der Waals surface area (Å²) in [5.41, 5.74) is 0.824. The summed E-state index contributed by atoms with van der Waals surface area (Å²) in [7, 11) is 0. The molecule has 4 amide bonds. The second-order valence-corrected chi connectivity index (χ2v) is 9.97. The van der Waals surface area contributed by atoms with E-state index >= 15 is 0 Å². The third kappa shape index (κ3) is 5.43. The molecule has 0 bridgehead atoms. The fraction of sp³-hybridized carbons (Fsp3) is 0.524. The predicted octanol–water partition coefficient (Wildman–Crippen LogP) is 3.37. The highest BCUT2D eigenvalue weighted by Crippen LogP contribution is 2.31. The van der Waals surface area contributed by atoms with Crippen LogP contribution in [-0.2, 0) is 16.1 Å². The maximum Gasteiger partial charge on any atom is 0.319 e. The lowest BCUT2D eigenvalue weighted by Crippen LogP contribution is -2.47. The van der Waals surface area contributed by atoms with Crippen LogP contribution in [0, 0.1) is 5.92 Å². The molecule has 0 atom stereocenters. The van der Waals surface area contributed by atoms with E-state index in [0.717, 1.165) is 41.4 Å². The zero-order valence-electron chi connectivity index (χ0n) is 17.6. The third-order valence-electron chi connectivity index (χ3n) is 5.67. The van der Waals surface area contributed by atoms with E-state index in [0.29, 0.717) is 37.6 Å². The van der Waals surface area contributed by atoms with Crippen molar-refractivity contribution in [3.05, 3.63) is 22.4 Å². The molecular weight excluding hydrogens is 434 g/mol. The minimum Gasteiger partial charge on any atom is -0.351 e. The Bertz CT molecular complexity index is 942. The average Bonchev–Trinajstić information content (AvgIpc) is 3.53. The van der Waals surface area contributed by atoms with Crippen molar-refractivity contribution in [2.75, 3.05) is 31.5 Å². The fourth-order valence-electron chi connectivity index (χ4n) is 3.92. The summed E-state index contributed by atoms with van der Waals surface area (Å²) in [6.07, 6.45) is 3.53. The Morgan fingerprint density at radius 3 is 2.52 bits per heavy atom. The maximum absolute atomic E-state index is 12.7. The second-order valence-electron chi connectivity index (χ2n) is 7.94. The third-order valence-corrected chi connectivity index (χ3v) is 7.54. The van der Waals surface area contributed by atoms with E-state index in [2.05, 4.69) is 15.6 Å². The lowest BCUT2D eigenvalue weighted by Gasteiger charge is -2.33. The monoisotopic (exact) mass is 461 g/mol. The van der Waals surface area contributed by atoms with Gasteiger partial charge in [0.1, 0.15) is 0 Å². The van der Waals surface area contributed by atoms with Gasteiger partial charge in [-0.15, -0.1) is 22.7 Å². The summed E-state index contributed by atoms with van der Waals surface area (Å²) in [4.78, 5) is 46.7. The Morgan fingerprint density at radius 1 is 1.10 bits per heavy atom. The topological polar surface area (TPSA) is 94.6 Å². The van der Waals surface area contributed by atoms with Gasteiger partial charge >= 0.3 is 6.03 Å². The molecule has 0 aliphatic carbocycles. The van der Waals surface area contributed by atoms with Gasteiger partial charge in [0.25, 0.3) is 0 Å². The molecule has 0 radical (unpaired) electrons. The lowest BCUT2D eigenvalue weighted by atomic mass is 9.96. The van der Waals surface area contributed by atoms with Crippen molar-refractivity contribution in [1.29, 1.82) is 0 Å². The van der Waals surface area contributed by atoms with E-state index in [-0.39, 0.29) is 23.8 Å². The number of aromatic nitrogens is 1. The first-order chi connectivity index (χ1) is 15.0. The highest BCUT2D eigenvalue weighted by atomic mass is 32.1. The number of nitrogens with zero attached hydrogens (tertiary/aromatic N) is 3. The second kappa shape index (κ2) is 9.78. The minimum atomic E-state index is -0.0963. The number of piperidine rings is 1. The molecule has 2 aromatic rings. The molecule has 166 valence electrons. The lowest BCUT2D eigenvalue weighted by molar-refractivity contribution is -0.121. The van der Waals surface area contributed by atoms with Crippen LogP contribution in [0.1, 0.15) is 37.5 Å². The van der Waals surface area contributed by atoms with Crippen LogP contribution in [0.3, 0.4) is 0 Å². The molecule has 0 spiro atoms. The van der Waals surface area contributed by atoms with Crippen molar-refractivity contribution in [2.24, 2.45) is 5.92 Å². The van der Waals surface area contributed by atoms with Gasteiger partial charge in [0.15, 0.2) is 5.13 Å². The number of likely N-dealkylation sites (tertiary alicyclic amines) is 2. The summed E-state index contributed by atoms with van der Waals surface area (Å²) in [6.45, 7) is 4.96. The number of amides is 4. The molecule has 2 aliphatic rings. The largest absolute Gasteiger partial charge is 0.351 e. The number of hydrogen-bond donors (Lipinski definition) is 2. The maximum atomic E-state index is 12.7. The van der Waals surface area contributed by atoms with Gasteiger partial charge in [-0.05, 0) is 37.8 Å². The summed E-state index contributed by atoms with van der Waals surface area (Å²) in [5.74, 6) is -0.174. The van der Waals surface area contributed by atoms with Crippen LogP contribution >= 0.6 is 22.7 Å². The predicted molar refractivity (Wildman–Crippen MR) is 122 cm³/mol. The molecule has 4 heterocycles. The number of thiophene rings is 1. The van der Waals surface area contributed by atoms with Crippen molar-refractivity contribution in [3.8, 4) is 10.6 Å². The number of anilines is 1. The highest BCUT2D eigenvalue weighted by molar-refractivity contribution is 7.17. The van der Waals surface area contributed by atoms with Gasteiger partial charge in [-0.3, -0.25) is 9.59 Å². The summed E-state index contributed by atoms with van der Waals surface area (Å²) < 4.78 is 0. The molecule has 31 heavy (non-hydrogen) atoms. The van der Waals surface area contributed by atoms with Crippen LogP contribution in [0.2, 0.25) is 0 Å². The number of nitrogens with one attached hydrogen (secondary N) is 2. The normalized spacial score (nSPS) is 17.1. The van der Waals surface area contributed by atoms with E-state index in [4.69, 9.17) is 0 Å². The van der Waals surface area contributed by atoms with Gasteiger partial charge in [0.2, 0.25) is 11.8 Å². The van der Waals surface area contributed by atoms with E-state index in [1.807, 2.05) is 27.3 Å². The minimum absolute atomic E-state index is 0.0216. The average molecular weight is 462 g/mol. The zero-order chi connectivity index (χ0) is 21.8. The molecule has 2 aromatic heterocycles. The molecule has 4 rings (SSSR count). The van der Waals surface area contributed by atoms with Crippen molar-refractivity contribution in [1.82, 2.24) is 20.1 Å². The molecule has 8 nitrogen and oxygen atoms in total. The molecule has 0 unspecified atom stereocenters. The number of rotatable bonds is 5. The SMILES string of the molecule is CC(=O)NCc1ccc(-c2csc(NC(=O)C3CCN(C(=O)N4CCCC4)CC3)n2)s1. The Kier molecular flexibility index (Phi) is 6.86. The molecule has 2 aliphatic heterocycles. The van der Waals surface area contributed by atoms with Gasteiger partial charge in [0, 0.05) is 49.3 Å². The Hall–Kier alpha value is -2.46. The first-order valence-electron chi connectivity index (χ1n) is 10.6. The van der Waals surface area contributed by atoms with Gasteiger partial charge in [-0.1, -0.05) is 0 Å². The van der Waals surface area contributed by atoms with Crippen LogP contribution in [0.15, 0.2) is 17.5 Å². The standard InChI is InChI=1S/C21H27N5O3S2/c1-14(27)22-12-16-4-5-18(31-16)17-13-30-20(23-17)24-19(28)15-6-10-26(11-7-15)21(29)25-8-2-3-9-25/h4-5,13,15H,2-3,6-12H2,1H3,(H,22,27)(H,23,24,28). The van der Waals surface area contributed by atoms with E-state index in [1.54, 1.807) is 11.3 Å². The van der Waals surface area contributed by atoms with Crippen LogP contribution in [0.25, 0.3) is 10.6 Å². The van der Waals surface area contributed by atoms with Gasteiger partial charge in [-0.25, -0.2) is 9.78 Å². The van der Waals surface area contributed by atoms with E-state index < -0.39 is 0 Å². The summed E-state index contributed by atoms with van der Waals surface area (Å²) in [6, 6.07) is 4.08. The van der Waals surface area contributed by atoms with Crippen molar-refractivity contribution in [2.45, 2.75) is 39.2 Å². The van der Waals surface area contributed by atoms with Crippen LogP contribution in [0.4, 0.5) is 9.93 Å². The van der Waals surface area contributed by atoms with Crippen molar-refractivity contribution >= 4 is 45.7 Å². The molecule has 2 saturated heterocycles. The van der Waals surface area contributed by atoms with Gasteiger partial charge in [-0.2, -0.15) is 0 Å². The Labute approximate surface area is 189 Å². The van der Waals surface area contributed by atoms with Crippen molar-refractivity contribution in [3.63, 3.8) is 0 Å². The number of thiazole rings is 1. The van der Waals surface area contributed by atoms with Gasteiger partial charge in [0.05, 0.1) is 17.1 Å². The Morgan fingerprint density at radius 2 is 1.81 bits per heavy atom. The molecule has 2 fully saturated rings. The van der Waals surface area contributed by atoms with Crippen LogP contribution in [0.5, 0.6) is 0 Å². The van der Waals surface area contributed by atoms with Crippen molar-refractivity contribution < 1.29 is 14.4 Å². The van der Waals surface area contributed by atoms with E-state index in [1.165, 1.54) is 18.3 Å². The highest BCUT2D eigenvalue weighted by Gasteiger charge is 2.30. The van der Waals surface area contributed by atoms with Crippen LogP contribution < -0.4 is 10.6 Å². The smallest absolute Gasteiger partial charge is 0.319 e. The molecule has 10 heteroatoms. The first kappa shape index (κ1) is 21.8. The zero-order valence-corrected chi connectivity index (χ0v) is 19.2. The molecular formula is C21H27N5O3S2. The van der Waals surface area contributed by atoms with Crippen LogP contribution in [-0.4, -0.2) is 58.8 Å². The molecule has 2 N–H and O–H groups in total. The van der Waals surface area contributed by atoms with E-state index in [9.17, 15) is 14.4 Å². The quantitative estimate of drug-likeness (QED) is 0.714. The number of urea groups is 1. The molecule has 0 saturated carbocycles. The fourth-order valence-corrected chi connectivity index (χ4v) is 5.61. The summed E-state index contributed by atoms with van der Waals surface area (Å²) in [5, 5.41) is 8.26. The van der Waals surface area contributed by atoms with Gasteiger partial charge < -0.3 is 20.4 Å². The summed E-state index contributed by atoms with van der Waals surface area (Å²) >= 11 is 2.99. The molecule has 0 aromatic carbocycles.